The highest BCUT2D eigenvalue weighted by Gasteiger charge is 2.21. The number of aliphatic hydroxyl groups is 1. The van der Waals surface area contributed by atoms with Gasteiger partial charge in [-0.3, -0.25) is 4.79 Å². The lowest BCUT2D eigenvalue weighted by atomic mass is 9.93. The molecule has 0 aliphatic heterocycles. The fraction of sp³-hybridized carbons (Fsp3) is 0.500. The predicted octanol–water partition coefficient (Wildman–Crippen LogP) is 2.52. The zero-order chi connectivity index (χ0) is 18.8. The van der Waals surface area contributed by atoms with Gasteiger partial charge in [0.05, 0.1) is 11.5 Å². The van der Waals surface area contributed by atoms with Gasteiger partial charge in [0.15, 0.2) is 6.61 Å². The number of aryl methyl sites for hydroxylation is 2. The summed E-state index contributed by atoms with van der Waals surface area (Å²) < 4.78 is 11.2. The molecule has 0 radical (unpaired) electrons. The van der Waals surface area contributed by atoms with E-state index in [1.54, 1.807) is 13.0 Å². The van der Waals surface area contributed by atoms with E-state index in [2.05, 4.69) is 5.32 Å². The molecule has 1 fully saturated rings. The first-order valence-electron chi connectivity index (χ1n) is 9.00. The van der Waals surface area contributed by atoms with Crippen LogP contribution >= 0.6 is 0 Å². The SMILES string of the molecule is Cc1cc(OCC(=O)NC2CCC(O)CC2)c2c(C)c(C)c(=O)oc2c1. The third kappa shape index (κ3) is 3.90. The minimum Gasteiger partial charge on any atom is -0.483 e. The average molecular weight is 359 g/mol. The Kier molecular flexibility index (Phi) is 5.32. The molecule has 1 amide bonds. The van der Waals surface area contributed by atoms with Crippen molar-refractivity contribution in [3.05, 3.63) is 39.2 Å². The first-order valence-corrected chi connectivity index (χ1v) is 9.00. The Balaban J connectivity index is 1.75. The number of carbonyl (C=O) groups is 1. The van der Waals surface area contributed by atoms with Crippen LogP contribution in [-0.2, 0) is 4.79 Å². The van der Waals surface area contributed by atoms with Crippen LogP contribution in [0.3, 0.4) is 0 Å². The van der Waals surface area contributed by atoms with E-state index in [9.17, 15) is 14.7 Å². The van der Waals surface area contributed by atoms with E-state index in [1.807, 2.05) is 19.9 Å². The number of nitrogens with one attached hydrogen (secondary N) is 1. The molecule has 3 rings (SSSR count). The average Bonchev–Trinajstić information content (AvgIpc) is 2.59. The molecule has 1 aliphatic rings. The van der Waals surface area contributed by atoms with Crippen LogP contribution in [0.2, 0.25) is 0 Å². The molecule has 2 aromatic rings. The zero-order valence-corrected chi connectivity index (χ0v) is 15.4. The normalized spacial score (nSPS) is 20.2. The molecule has 0 unspecified atom stereocenters. The summed E-state index contributed by atoms with van der Waals surface area (Å²) in [5, 5.41) is 13.2. The Labute approximate surface area is 152 Å². The number of rotatable bonds is 4. The van der Waals surface area contributed by atoms with Crippen LogP contribution < -0.4 is 15.7 Å². The second-order valence-corrected chi connectivity index (χ2v) is 7.14. The first kappa shape index (κ1) is 18.5. The van der Waals surface area contributed by atoms with Crippen LogP contribution in [0.15, 0.2) is 21.3 Å². The third-order valence-electron chi connectivity index (χ3n) is 5.08. The van der Waals surface area contributed by atoms with Gasteiger partial charge in [-0.1, -0.05) is 0 Å². The lowest BCUT2D eigenvalue weighted by molar-refractivity contribution is -0.124. The van der Waals surface area contributed by atoms with Gasteiger partial charge in [-0.15, -0.1) is 0 Å². The van der Waals surface area contributed by atoms with E-state index < -0.39 is 0 Å². The van der Waals surface area contributed by atoms with Crippen LogP contribution in [0.4, 0.5) is 0 Å². The van der Waals surface area contributed by atoms with Gasteiger partial charge < -0.3 is 19.6 Å². The number of fused-ring (bicyclic) bond motifs is 1. The summed E-state index contributed by atoms with van der Waals surface area (Å²) in [6.07, 6.45) is 2.74. The first-order chi connectivity index (χ1) is 12.3. The number of aliphatic hydroxyl groups excluding tert-OH is 1. The molecule has 26 heavy (non-hydrogen) atoms. The molecule has 140 valence electrons. The van der Waals surface area contributed by atoms with Crippen molar-refractivity contribution in [2.45, 2.75) is 58.6 Å². The van der Waals surface area contributed by atoms with Crippen LogP contribution in [0.1, 0.15) is 42.4 Å². The summed E-state index contributed by atoms with van der Waals surface area (Å²) in [4.78, 5) is 24.1. The largest absolute Gasteiger partial charge is 0.483 e. The van der Waals surface area contributed by atoms with E-state index in [4.69, 9.17) is 9.15 Å². The quantitative estimate of drug-likeness (QED) is 0.819. The lowest BCUT2D eigenvalue weighted by Gasteiger charge is -2.26. The third-order valence-corrected chi connectivity index (χ3v) is 5.08. The van der Waals surface area contributed by atoms with Crippen molar-refractivity contribution in [1.29, 1.82) is 0 Å². The van der Waals surface area contributed by atoms with Gasteiger partial charge in [0.2, 0.25) is 0 Å². The van der Waals surface area contributed by atoms with E-state index in [0.29, 0.717) is 29.7 Å². The molecule has 1 aromatic carbocycles. The van der Waals surface area contributed by atoms with Gasteiger partial charge in [-0.2, -0.15) is 0 Å². The van der Waals surface area contributed by atoms with Crippen molar-refractivity contribution < 1.29 is 19.1 Å². The Bertz CT molecular complexity index is 878. The maximum absolute atomic E-state index is 12.2. The molecular weight excluding hydrogens is 334 g/mol. The monoisotopic (exact) mass is 359 g/mol. The topological polar surface area (TPSA) is 88.8 Å². The minimum atomic E-state index is -0.358. The van der Waals surface area contributed by atoms with Gasteiger partial charge >= 0.3 is 5.63 Å². The summed E-state index contributed by atoms with van der Waals surface area (Å²) in [5.74, 6) is 0.353. The predicted molar refractivity (Wildman–Crippen MR) is 98.6 cm³/mol. The Morgan fingerprint density at radius 1 is 1.19 bits per heavy atom. The highest BCUT2D eigenvalue weighted by molar-refractivity contribution is 5.88. The Morgan fingerprint density at radius 3 is 2.58 bits per heavy atom. The van der Waals surface area contributed by atoms with Crippen LogP contribution in [0, 0.1) is 20.8 Å². The summed E-state index contributed by atoms with van der Waals surface area (Å²) in [7, 11) is 0. The van der Waals surface area contributed by atoms with Crippen LogP contribution in [0.25, 0.3) is 11.0 Å². The maximum atomic E-state index is 12.2. The van der Waals surface area contributed by atoms with Crippen molar-refractivity contribution in [2.24, 2.45) is 0 Å². The molecule has 6 heteroatoms. The molecule has 1 aromatic heterocycles. The van der Waals surface area contributed by atoms with Gasteiger partial charge in [0, 0.05) is 11.6 Å². The molecule has 0 atom stereocenters. The van der Waals surface area contributed by atoms with E-state index >= 15 is 0 Å². The fourth-order valence-electron chi connectivity index (χ4n) is 3.43. The van der Waals surface area contributed by atoms with Gasteiger partial charge in [0.1, 0.15) is 11.3 Å². The molecule has 6 nitrogen and oxygen atoms in total. The van der Waals surface area contributed by atoms with Gasteiger partial charge in [0.25, 0.3) is 5.91 Å². The lowest BCUT2D eigenvalue weighted by Crippen LogP contribution is -2.40. The molecular formula is C20H25NO5. The maximum Gasteiger partial charge on any atom is 0.339 e. The minimum absolute atomic E-state index is 0.0887. The van der Waals surface area contributed by atoms with Crippen molar-refractivity contribution in [3.8, 4) is 5.75 Å². The van der Waals surface area contributed by atoms with Crippen molar-refractivity contribution in [1.82, 2.24) is 5.32 Å². The Hall–Kier alpha value is -2.34. The molecule has 1 aliphatic carbocycles. The molecule has 0 bridgehead atoms. The zero-order valence-electron chi connectivity index (χ0n) is 15.4. The molecule has 1 saturated carbocycles. The van der Waals surface area contributed by atoms with Crippen molar-refractivity contribution >= 4 is 16.9 Å². The Morgan fingerprint density at radius 2 is 1.88 bits per heavy atom. The molecule has 2 N–H and O–H groups in total. The highest BCUT2D eigenvalue weighted by Crippen LogP contribution is 2.30. The van der Waals surface area contributed by atoms with Crippen molar-refractivity contribution in [3.63, 3.8) is 0 Å². The van der Waals surface area contributed by atoms with Crippen LogP contribution in [-0.4, -0.2) is 29.8 Å². The highest BCUT2D eigenvalue weighted by atomic mass is 16.5. The summed E-state index contributed by atoms with van der Waals surface area (Å²) >= 11 is 0. The van der Waals surface area contributed by atoms with E-state index in [0.717, 1.165) is 29.4 Å². The number of amides is 1. The standard InChI is InChI=1S/C20H25NO5/c1-11-8-16(19-12(2)13(3)20(24)26-17(19)9-11)25-10-18(23)21-14-4-6-15(22)7-5-14/h8-9,14-15,22H,4-7,10H2,1-3H3,(H,21,23). The van der Waals surface area contributed by atoms with Crippen molar-refractivity contribution in [2.75, 3.05) is 6.61 Å². The number of benzene rings is 1. The smallest absolute Gasteiger partial charge is 0.339 e. The number of hydrogen-bond acceptors (Lipinski definition) is 5. The fourth-order valence-corrected chi connectivity index (χ4v) is 3.43. The number of carbonyl (C=O) groups excluding carboxylic acids is 1. The summed E-state index contributed by atoms with van der Waals surface area (Å²) in [6.45, 7) is 5.35. The number of ether oxygens (including phenoxy) is 1. The second-order valence-electron chi connectivity index (χ2n) is 7.14. The molecule has 0 saturated heterocycles. The molecule has 1 heterocycles. The number of hydrogen-bond donors (Lipinski definition) is 2. The summed E-state index contributed by atoms with van der Waals surface area (Å²) in [6, 6.07) is 3.73. The van der Waals surface area contributed by atoms with Gasteiger partial charge in [-0.25, -0.2) is 4.79 Å². The van der Waals surface area contributed by atoms with Gasteiger partial charge in [-0.05, 0) is 69.7 Å². The van der Waals surface area contributed by atoms with E-state index in [-0.39, 0.29) is 30.3 Å². The molecule has 0 spiro atoms. The summed E-state index contributed by atoms with van der Waals surface area (Å²) in [5.41, 5.74) is 2.34. The van der Waals surface area contributed by atoms with Crippen LogP contribution in [0.5, 0.6) is 5.75 Å². The second kappa shape index (κ2) is 7.50. The van der Waals surface area contributed by atoms with E-state index in [1.165, 1.54) is 0 Å².